The zero-order chi connectivity index (χ0) is 9.52. The van der Waals surface area contributed by atoms with Crippen molar-refractivity contribution in [3.63, 3.8) is 0 Å². The molecule has 4 nitrogen and oxygen atoms in total. The average Bonchev–Trinajstić information content (AvgIpc) is 2.19. The lowest BCUT2D eigenvalue weighted by atomic mass is 9.91. The fourth-order valence-electron chi connectivity index (χ4n) is 1.48. The molecule has 1 aliphatic rings. The van der Waals surface area contributed by atoms with Crippen LogP contribution < -0.4 is 0 Å². The van der Waals surface area contributed by atoms with Crippen molar-refractivity contribution in [2.75, 3.05) is 7.11 Å². The molecule has 1 rings (SSSR count). The van der Waals surface area contributed by atoms with Crippen molar-refractivity contribution in [3.8, 4) is 0 Å². The van der Waals surface area contributed by atoms with Crippen LogP contribution in [0, 0.1) is 5.92 Å². The number of rotatable bonds is 5. The van der Waals surface area contributed by atoms with Crippen LogP contribution in [0.5, 0.6) is 0 Å². The van der Waals surface area contributed by atoms with Crippen molar-refractivity contribution in [2.45, 2.75) is 32.3 Å². The third kappa shape index (κ3) is 3.44. The Morgan fingerprint density at radius 1 is 1.38 bits per heavy atom. The Morgan fingerprint density at radius 2 is 2.23 bits per heavy atom. The summed E-state index contributed by atoms with van der Waals surface area (Å²) in [7, 11) is 1.36. The first-order valence-electron chi connectivity index (χ1n) is 4.58. The van der Waals surface area contributed by atoms with Crippen LogP contribution in [0.2, 0.25) is 0 Å². The van der Waals surface area contributed by atoms with Crippen LogP contribution in [0.1, 0.15) is 26.2 Å². The third-order valence-corrected chi connectivity index (χ3v) is 2.21. The molecule has 0 fully saturated rings. The van der Waals surface area contributed by atoms with Gasteiger partial charge in [-0.25, -0.2) is 4.89 Å². The quantitative estimate of drug-likeness (QED) is 0.287. The van der Waals surface area contributed by atoms with E-state index in [2.05, 4.69) is 34.0 Å². The van der Waals surface area contributed by atoms with E-state index in [1.54, 1.807) is 0 Å². The first-order chi connectivity index (χ1) is 6.38. The molecule has 4 heteroatoms. The van der Waals surface area contributed by atoms with Crippen molar-refractivity contribution in [3.05, 3.63) is 12.2 Å². The Balaban J connectivity index is 2.26. The van der Waals surface area contributed by atoms with E-state index in [1.165, 1.54) is 7.11 Å². The van der Waals surface area contributed by atoms with Gasteiger partial charge < -0.3 is 0 Å². The molecule has 0 aromatic heterocycles. The Kier molecular flexibility index (Phi) is 5.00. The van der Waals surface area contributed by atoms with E-state index in [0.717, 1.165) is 19.3 Å². The Hall–Kier alpha value is -0.420. The minimum atomic E-state index is 0.0742. The Bertz CT molecular complexity index is 158. The molecule has 1 aliphatic carbocycles. The fraction of sp³-hybridized carbons (Fsp3) is 0.778. The first kappa shape index (κ1) is 10.7. The van der Waals surface area contributed by atoms with Gasteiger partial charge in [0, 0.05) is 5.92 Å². The smallest absolute Gasteiger partial charge is 0.103 e. The number of allylic oxidation sites excluding steroid dienone is 1. The second-order valence-electron chi connectivity index (χ2n) is 3.02. The molecule has 0 aromatic carbocycles. The van der Waals surface area contributed by atoms with Crippen LogP contribution >= 0.6 is 0 Å². The highest BCUT2D eigenvalue weighted by molar-refractivity contribution is 4.96. The van der Waals surface area contributed by atoms with Crippen molar-refractivity contribution in [1.82, 2.24) is 0 Å². The van der Waals surface area contributed by atoms with Gasteiger partial charge in [-0.3, -0.25) is 0 Å². The molecule has 0 aliphatic heterocycles. The maximum atomic E-state index is 5.03. The van der Waals surface area contributed by atoms with Gasteiger partial charge >= 0.3 is 0 Å². The standard InChI is InChI=1S/C9H16O4/c1-3-8-6-4-5-7-9(8)11-13-12-10-2/h4,6,8-9H,3,5,7H2,1-2H3. The summed E-state index contributed by atoms with van der Waals surface area (Å²) in [6.45, 7) is 2.12. The minimum absolute atomic E-state index is 0.0742. The lowest BCUT2D eigenvalue weighted by Crippen LogP contribution is -2.24. The molecule has 2 atom stereocenters. The molecule has 0 amide bonds. The SMILES string of the molecule is CCC1C=CCCC1OOOOC. The van der Waals surface area contributed by atoms with Crippen molar-refractivity contribution < 1.29 is 19.9 Å². The second-order valence-corrected chi connectivity index (χ2v) is 3.02. The third-order valence-electron chi connectivity index (χ3n) is 2.21. The summed E-state index contributed by atoms with van der Waals surface area (Å²) in [6.07, 6.45) is 7.43. The molecule has 0 spiro atoms. The van der Waals surface area contributed by atoms with Crippen LogP contribution in [0.4, 0.5) is 0 Å². The molecule has 0 N–H and O–H groups in total. The molecule has 13 heavy (non-hydrogen) atoms. The maximum absolute atomic E-state index is 5.03. The highest BCUT2D eigenvalue weighted by Gasteiger charge is 2.22. The lowest BCUT2D eigenvalue weighted by Gasteiger charge is -2.24. The van der Waals surface area contributed by atoms with Crippen LogP contribution in [0.15, 0.2) is 12.2 Å². The zero-order valence-corrected chi connectivity index (χ0v) is 8.06. The molecule has 0 saturated heterocycles. The first-order valence-corrected chi connectivity index (χ1v) is 4.58. The second kappa shape index (κ2) is 6.10. The van der Waals surface area contributed by atoms with Crippen LogP contribution in [0.25, 0.3) is 0 Å². The van der Waals surface area contributed by atoms with Crippen molar-refractivity contribution >= 4 is 0 Å². The van der Waals surface area contributed by atoms with Gasteiger partial charge in [0.25, 0.3) is 0 Å². The van der Waals surface area contributed by atoms with E-state index in [9.17, 15) is 0 Å². The molecule has 0 saturated carbocycles. The lowest BCUT2D eigenvalue weighted by molar-refractivity contribution is -0.638. The van der Waals surface area contributed by atoms with Gasteiger partial charge in [0.15, 0.2) is 0 Å². The van der Waals surface area contributed by atoms with E-state index >= 15 is 0 Å². The highest BCUT2D eigenvalue weighted by atomic mass is 17.7. The van der Waals surface area contributed by atoms with Gasteiger partial charge in [-0.2, -0.15) is 4.89 Å². The van der Waals surface area contributed by atoms with Crippen LogP contribution in [-0.4, -0.2) is 13.2 Å². The number of hydrogen-bond donors (Lipinski definition) is 0. The van der Waals surface area contributed by atoms with E-state index < -0.39 is 0 Å². The van der Waals surface area contributed by atoms with E-state index in [4.69, 9.17) is 4.89 Å². The van der Waals surface area contributed by atoms with Crippen LogP contribution in [0.3, 0.4) is 0 Å². The summed E-state index contributed by atoms with van der Waals surface area (Å²) in [4.78, 5) is 9.26. The highest BCUT2D eigenvalue weighted by Crippen LogP contribution is 2.23. The summed E-state index contributed by atoms with van der Waals surface area (Å²) in [5.41, 5.74) is 0. The molecule has 0 bridgehead atoms. The molecule has 76 valence electrons. The summed E-state index contributed by atoms with van der Waals surface area (Å²) in [5, 5.41) is 8.58. The maximum Gasteiger partial charge on any atom is 0.103 e. The summed E-state index contributed by atoms with van der Waals surface area (Å²) < 4.78 is 0. The molecule has 2 unspecified atom stereocenters. The van der Waals surface area contributed by atoms with E-state index in [-0.39, 0.29) is 6.10 Å². The van der Waals surface area contributed by atoms with Crippen molar-refractivity contribution in [1.29, 1.82) is 0 Å². The summed E-state index contributed by atoms with van der Waals surface area (Å²) in [5.74, 6) is 0.411. The topological polar surface area (TPSA) is 36.9 Å². The minimum Gasteiger partial charge on any atom is -0.207 e. The van der Waals surface area contributed by atoms with E-state index in [0.29, 0.717) is 5.92 Å². The van der Waals surface area contributed by atoms with Crippen molar-refractivity contribution in [2.24, 2.45) is 5.92 Å². The van der Waals surface area contributed by atoms with Gasteiger partial charge in [0.2, 0.25) is 0 Å². The predicted octanol–water partition coefficient (Wildman–Crippen LogP) is 2.17. The van der Waals surface area contributed by atoms with Gasteiger partial charge in [-0.1, -0.05) is 19.1 Å². The predicted molar refractivity (Wildman–Crippen MR) is 46.2 cm³/mol. The zero-order valence-electron chi connectivity index (χ0n) is 8.06. The Labute approximate surface area is 78.2 Å². The normalized spacial score (nSPS) is 27.8. The van der Waals surface area contributed by atoms with Gasteiger partial charge in [0.05, 0.1) is 7.11 Å². The van der Waals surface area contributed by atoms with Gasteiger partial charge in [-0.05, 0) is 29.3 Å². The van der Waals surface area contributed by atoms with Gasteiger partial charge in [0.1, 0.15) is 6.10 Å². The molecule has 0 heterocycles. The average molecular weight is 188 g/mol. The summed E-state index contributed by atoms with van der Waals surface area (Å²) >= 11 is 0. The molecular weight excluding hydrogens is 172 g/mol. The molecule has 0 radical (unpaired) electrons. The fourth-order valence-corrected chi connectivity index (χ4v) is 1.48. The monoisotopic (exact) mass is 188 g/mol. The molecule has 0 aromatic rings. The summed E-state index contributed by atoms with van der Waals surface area (Å²) in [6, 6.07) is 0. The number of hydrogen-bond acceptors (Lipinski definition) is 4. The van der Waals surface area contributed by atoms with E-state index in [1.807, 2.05) is 0 Å². The molecular formula is C9H16O4. The van der Waals surface area contributed by atoms with Gasteiger partial charge in [-0.15, -0.1) is 0 Å². The largest absolute Gasteiger partial charge is 0.207 e. The van der Waals surface area contributed by atoms with Crippen LogP contribution in [-0.2, 0) is 19.9 Å². The Morgan fingerprint density at radius 3 is 2.92 bits per heavy atom.